The summed E-state index contributed by atoms with van der Waals surface area (Å²) in [6.07, 6.45) is 1.38. The van der Waals surface area contributed by atoms with Crippen LogP contribution >= 0.6 is 22.7 Å². The van der Waals surface area contributed by atoms with Gasteiger partial charge in [-0.15, -0.1) is 22.7 Å². The SMILES string of the molecule is CC1(CN)CCN(C(=O)Cc2sc(-c3ccccc3)nc2-c2cccs2)C1. The van der Waals surface area contributed by atoms with Crippen molar-refractivity contribution in [3.05, 3.63) is 52.7 Å². The molecule has 27 heavy (non-hydrogen) atoms. The first-order chi connectivity index (χ1) is 13.1. The molecule has 1 saturated heterocycles. The Morgan fingerprint density at radius 1 is 1.26 bits per heavy atom. The van der Waals surface area contributed by atoms with Crippen molar-refractivity contribution in [1.29, 1.82) is 0 Å². The zero-order valence-electron chi connectivity index (χ0n) is 15.4. The second kappa shape index (κ2) is 7.54. The van der Waals surface area contributed by atoms with Crippen molar-refractivity contribution in [3.63, 3.8) is 0 Å². The van der Waals surface area contributed by atoms with E-state index in [0.29, 0.717) is 13.0 Å². The summed E-state index contributed by atoms with van der Waals surface area (Å²) in [5, 5.41) is 3.02. The summed E-state index contributed by atoms with van der Waals surface area (Å²) in [6, 6.07) is 14.3. The number of carbonyl (C=O) groups excluding carboxylic acids is 1. The van der Waals surface area contributed by atoms with Gasteiger partial charge in [0.2, 0.25) is 5.91 Å². The van der Waals surface area contributed by atoms with Crippen LogP contribution < -0.4 is 5.73 Å². The number of rotatable bonds is 5. The molecule has 1 aromatic carbocycles. The summed E-state index contributed by atoms with van der Waals surface area (Å²) in [5.74, 6) is 0.174. The van der Waals surface area contributed by atoms with E-state index < -0.39 is 0 Å². The molecule has 140 valence electrons. The predicted octanol–water partition coefficient (Wildman–Crippen LogP) is 4.28. The Bertz CT molecular complexity index is 920. The highest BCUT2D eigenvalue weighted by Gasteiger charge is 2.35. The third-order valence-corrected chi connectivity index (χ3v) is 7.17. The Labute approximate surface area is 167 Å². The first-order valence-electron chi connectivity index (χ1n) is 9.15. The number of aromatic nitrogens is 1. The Balaban J connectivity index is 1.62. The van der Waals surface area contributed by atoms with Gasteiger partial charge in [0, 0.05) is 23.5 Å². The van der Waals surface area contributed by atoms with Gasteiger partial charge >= 0.3 is 0 Å². The Morgan fingerprint density at radius 3 is 2.74 bits per heavy atom. The lowest BCUT2D eigenvalue weighted by Crippen LogP contribution is -2.35. The van der Waals surface area contributed by atoms with Crippen molar-refractivity contribution in [1.82, 2.24) is 9.88 Å². The van der Waals surface area contributed by atoms with E-state index in [1.54, 1.807) is 22.7 Å². The molecule has 1 aliphatic rings. The molecule has 1 aliphatic heterocycles. The first kappa shape index (κ1) is 18.3. The summed E-state index contributed by atoms with van der Waals surface area (Å²) in [5.41, 5.74) is 7.99. The summed E-state index contributed by atoms with van der Waals surface area (Å²) in [4.78, 5) is 22.0. The maximum absolute atomic E-state index is 13.0. The van der Waals surface area contributed by atoms with E-state index in [1.807, 2.05) is 29.2 Å². The maximum atomic E-state index is 13.0. The number of thiophene rings is 1. The second-order valence-corrected chi connectivity index (χ2v) is 9.42. The van der Waals surface area contributed by atoms with Crippen LogP contribution in [0.2, 0.25) is 0 Å². The van der Waals surface area contributed by atoms with Gasteiger partial charge in [-0.1, -0.05) is 43.3 Å². The minimum absolute atomic E-state index is 0.0507. The predicted molar refractivity (Wildman–Crippen MR) is 113 cm³/mol. The molecule has 1 atom stereocenters. The average molecular weight is 398 g/mol. The fraction of sp³-hybridized carbons (Fsp3) is 0.333. The van der Waals surface area contributed by atoms with Gasteiger partial charge in [0.1, 0.15) is 5.01 Å². The van der Waals surface area contributed by atoms with Gasteiger partial charge in [-0.05, 0) is 29.8 Å². The van der Waals surface area contributed by atoms with Crippen molar-refractivity contribution in [2.24, 2.45) is 11.1 Å². The Hall–Kier alpha value is -2.02. The Morgan fingerprint density at radius 2 is 2.07 bits per heavy atom. The van der Waals surface area contributed by atoms with E-state index in [9.17, 15) is 4.79 Å². The molecule has 2 aromatic heterocycles. The molecule has 2 N–H and O–H groups in total. The van der Waals surface area contributed by atoms with Crippen LogP contribution in [0.25, 0.3) is 21.1 Å². The number of likely N-dealkylation sites (tertiary alicyclic amines) is 1. The van der Waals surface area contributed by atoms with Crippen LogP contribution in [-0.2, 0) is 11.2 Å². The zero-order chi connectivity index (χ0) is 18.9. The van der Waals surface area contributed by atoms with Crippen molar-refractivity contribution < 1.29 is 4.79 Å². The number of nitrogens with zero attached hydrogens (tertiary/aromatic N) is 2. The quantitative estimate of drug-likeness (QED) is 0.699. The van der Waals surface area contributed by atoms with Gasteiger partial charge in [0.05, 0.1) is 17.0 Å². The molecule has 0 radical (unpaired) electrons. The van der Waals surface area contributed by atoms with Gasteiger partial charge in [-0.2, -0.15) is 0 Å². The minimum atomic E-state index is 0.0507. The maximum Gasteiger partial charge on any atom is 0.227 e. The molecule has 0 saturated carbocycles. The largest absolute Gasteiger partial charge is 0.342 e. The lowest BCUT2D eigenvalue weighted by Gasteiger charge is -2.22. The molecule has 4 rings (SSSR count). The molecular weight excluding hydrogens is 374 g/mol. The number of hydrogen-bond donors (Lipinski definition) is 1. The van der Waals surface area contributed by atoms with Crippen molar-refractivity contribution >= 4 is 28.6 Å². The standard InChI is InChI=1S/C21H23N3OS2/c1-21(13-22)9-10-24(14-21)18(25)12-17-19(16-8-5-11-26-16)23-20(27-17)15-6-3-2-4-7-15/h2-8,11H,9-10,12-14,22H2,1H3. The van der Waals surface area contributed by atoms with E-state index in [1.165, 1.54) is 0 Å². The van der Waals surface area contributed by atoms with Crippen LogP contribution in [0.3, 0.4) is 0 Å². The van der Waals surface area contributed by atoms with Crippen molar-refractivity contribution in [2.45, 2.75) is 19.8 Å². The molecule has 1 fully saturated rings. The van der Waals surface area contributed by atoms with Gasteiger partial charge in [0.25, 0.3) is 0 Å². The molecule has 3 aromatic rings. The molecule has 0 spiro atoms. The van der Waals surface area contributed by atoms with Crippen molar-refractivity contribution in [3.8, 4) is 21.1 Å². The van der Waals surface area contributed by atoms with Gasteiger partial charge < -0.3 is 10.6 Å². The van der Waals surface area contributed by atoms with Crippen LogP contribution in [0.5, 0.6) is 0 Å². The van der Waals surface area contributed by atoms with Gasteiger partial charge in [-0.3, -0.25) is 4.79 Å². The molecule has 4 nitrogen and oxygen atoms in total. The van der Waals surface area contributed by atoms with Crippen LogP contribution in [0, 0.1) is 5.41 Å². The van der Waals surface area contributed by atoms with E-state index in [4.69, 9.17) is 10.7 Å². The minimum Gasteiger partial charge on any atom is -0.342 e. The second-order valence-electron chi connectivity index (χ2n) is 7.39. The van der Waals surface area contributed by atoms with Gasteiger partial charge in [-0.25, -0.2) is 4.98 Å². The summed E-state index contributed by atoms with van der Waals surface area (Å²) in [6.45, 7) is 4.33. The Kier molecular flexibility index (Phi) is 5.12. The number of nitrogens with two attached hydrogens (primary N) is 1. The van der Waals surface area contributed by atoms with Crippen LogP contribution in [0.4, 0.5) is 0 Å². The average Bonchev–Trinajstić information content (AvgIpc) is 3.42. The number of carbonyl (C=O) groups is 1. The summed E-state index contributed by atoms with van der Waals surface area (Å²) >= 11 is 3.29. The van der Waals surface area contributed by atoms with Crippen molar-refractivity contribution in [2.75, 3.05) is 19.6 Å². The summed E-state index contributed by atoms with van der Waals surface area (Å²) < 4.78 is 0. The lowest BCUT2D eigenvalue weighted by atomic mass is 9.90. The third-order valence-electron chi connectivity index (χ3n) is 5.19. The van der Waals surface area contributed by atoms with E-state index in [-0.39, 0.29) is 11.3 Å². The van der Waals surface area contributed by atoms with E-state index in [2.05, 4.69) is 30.5 Å². The summed E-state index contributed by atoms with van der Waals surface area (Å²) in [7, 11) is 0. The molecule has 1 unspecified atom stereocenters. The zero-order valence-corrected chi connectivity index (χ0v) is 17.0. The number of hydrogen-bond acceptors (Lipinski definition) is 5. The molecule has 1 amide bonds. The normalized spacial score (nSPS) is 19.6. The van der Waals surface area contributed by atoms with E-state index in [0.717, 1.165) is 45.5 Å². The monoisotopic (exact) mass is 397 g/mol. The lowest BCUT2D eigenvalue weighted by molar-refractivity contribution is -0.129. The molecule has 0 aliphatic carbocycles. The fourth-order valence-corrected chi connectivity index (χ4v) is 5.31. The molecular formula is C21H23N3OS2. The third kappa shape index (κ3) is 3.83. The topological polar surface area (TPSA) is 59.2 Å². The highest BCUT2D eigenvalue weighted by atomic mass is 32.1. The van der Waals surface area contributed by atoms with Crippen LogP contribution in [0.1, 0.15) is 18.2 Å². The van der Waals surface area contributed by atoms with Crippen LogP contribution in [-0.4, -0.2) is 35.4 Å². The highest BCUT2D eigenvalue weighted by Crippen LogP contribution is 2.37. The van der Waals surface area contributed by atoms with Crippen LogP contribution in [0.15, 0.2) is 47.8 Å². The smallest absolute Gasteiger partial charge is 0.227 e. The first-order valence-corrected chi connectivity index (χ1v) is 10.8. The highest BCUT2D eigenvalue weighted by molar-refractivity contribution is 7.17. The van der Waals surface area contributed by atoms with Gasteiger partial charge in [0.15, 0.2) is 0 Å². The number of benzene rings is 1. The number of thiazole rings is 1. The fourth-order valence-electron chi connectivity index (χ4n) is 3.43. The van der Waals surface area contributed by atoms with E-state index >= 15 is 0 Å². The number of amides is 1. The molecule has 3 heterocycles. The molecule has 0 bridgehead atoms. The molecule has 6 heteroatoms.